The molecule has 2 atom stereocenters. The van der Waals surface area contributed by atoms with Crippen LogP contribution in [-0.2, 0) is 23.9 Å². The first-order valence-corrected chi connectivity index (χ1v) is 20.1. The average Bonchev–Trinajstić information content (AvgIpc) is 3.88. The summed E-state index contributed by atoms with van der Waals surface area (Å²) in [4.78, 5) is 71.5. The van der Waals surface area contributed by atoms with E-state index in [-0.39, 0.29) is 55.1 Å². The minimum Gasteiger partial charge on any atom is -0.469 e. The van der Waals surface area contributed by atoms with Gasteiger partial charge < -0.3 is 39.9 Å². The Morgan fingerprint density at radius 3 is 2.02 bits per heavy atom. The maximum absolute atomic E-state index is 14.4. The molecule has 2 aliphatic rings. The third-order valence-corrected chi connectivity index (χ3v) is 10.6. The van der Waals surface area contributed by atoms with Crippen LogP contribution in [0.3, 0.4) is 0 Å². The summed E-state index contributed by atoms with van der Waals surface area (Å²) in [5.41, 5.74) is 2.86. The molecule has 0 bridgehead atoms. The Labute approximate surface area is 353 Å². The molecule has 2 fully saturated rings. The van der Waals surface area contributed by atoms with Gasteiger partial charge in [0, 0.05) is 105 Å². The molecule has 20 heteroatoms. The summed E-state index contributed by atoms with van der Waals surface area (Å²) < 4.78 is 23.9. The molecule has 0 radical (unpaired) electrons. The summed E-state index contributed by atoms with van der Waals surface area (Å²) in [6.07, 6.45) is 13.2. The molecule has 6 aromatic heterocycles. The number of carbonyl (C=O) groups excluding carboxylic acids is 3. The summed E-state index contributed by atoms with van der Waals surface area (Å²) in [5, 5.41) is 9.18. The third-order valence-electron chi connectivity index (χ3n) is 10.2. The quantitative estimate of drug-likeness (QED) is 0.112. The summed E-state index contributed by atoms with van der Waals surface area (Å²) in [6, 6.07) is 5.36. The van der Waals surface area contributed by atoms with Crippen molar-refractivity contribution in [2.75, 3.05) is 57.6 Å². The van der Waals surface area contributed by atoms with Crippen molar-refractivity contribution in [1.82, 2.24) is 49.7 Å². The number of amides is 2. The normalized spacial score (nSPS) is 16.6. The molecule has 4 N–H and O–H groups in total. The van der Waals surface area contributed by atoms with Crippen LogP contribution in [0.15, 0.2) is 55.4 Å². The van der Waals surface area contributed by atoms with Gasteiger partial charge in [0.2, 0.25) is 11.8 Å². The van der Waals surface area contributed by atoms with E-state index < -0.39 is 5.82 Å². The molecular weight excluding hydrogens is 818 g/mol. The van der Waals surface area contributed by atoms with E-state index in [1.807, 2.05) is 18.3 Å². The number of fused-ring (bicyclic) bond motifs is 2. The molecule has 17 nitrogen and oxygen atoms in total. The number of ether oxygens (including phenoxy) is 2. The molecule has 60 heavy (non-hydrogen) atoms. The number of H-pyrrole nitrogens is 2. The first kappa shape index (κ1) is 42.2. The minimum absolute atomic E-state index is 0.0376. The Morgan fingerprint density at radius 2 is 1.40 bits per heavy atom. The number of esters is 1. The second kappa shape index (κ2) is 19.4. The maximum atomic E-state index is 14.4. The number of aromatic amines is 2. The topological polar surface area (TPSA) is 209 Å². The van der Waals surface area contributed by atoms with E-state index in [1.54, 1.807) is 40.7 Å². The van der Waals surface area contributed by atoms with Gasteiger partial charge in [-0.05, 0) is 43.9 Å². The van der Waals surface area contributed by atoms with Crippen LogP contribution in [-0.4, -0.2) is 127 Å². The number of rotatable bonds is 11. The van der Waals surface area contributed by atoms with Gasteiger partial charge in [-0.25, -0.2) is 34.3 Å². The molecule has 0 aliphatic carbocycles. The number of nitrogens with zero attached hydrogens (tertiary/aromatic N) is 8. The van der Waals surface area contributed by atoms with Crippen LogP contribution < -0.4 is 10.6 Å². The highest BCUT2D eigenvalue weighted by Crippen LogP contribution is 2.30. The molecule has 0 aromatic carbocycles. The number of anilines is 2. The second-order valence-corrected chi connectivity index (χ2v) is 15.2. The summed E-state index contributed by atoms with van der Waals surface area (Å²) in [7, 11) is 2.81. The number of methoxy groups -OCH3 is 2. The van der Waals surface area contributed by atoms with Crippen molar-refractivity contribution in [3.63, 3.8) is 0 Å². The molecule has 2 unspecified atom stereocenters. The molecule has 314 valence electrons. The molecule has 6 aromatic rings. The van der Waals surface area contributed by atoms with Crippen LogP contribution in [0, 0.1) is 5.82 Å². The van der Waals surface area contributed by atoms with E-state index in [0.717, 1.165) is 53.9 Å². The van der Waals surface area contributed by atoms with Crippen LogP contribution in [0.2, 0.25) is 10.0 Å². The number of halogens is 3. The van der Waals surface area contributed by atoms with Gasteiger partial charge in [0.25, 0.3) is 0 Å². The first-order valence-electron chi connectivity index (χ1n) is 19.3. The fourth-order valence-electron chi connectivity index (χ4n) is 7.22. The number of pyridine rings is 2. The summed E-state index contributed by atoms with van der Waals surface area (Å²) in [5.74, 6) is 0.657. The zero-order valence-electron chi connectivity index (χ0n) is 32.9. The lowest BCUT2D eigenvalue weighted by atomic mass is 10.0. The van der Waals surface area contributed by atoms with E-state index in [0.29, 0.717) is 64.9 Å². The molecule has 2 amide bonds. The Balaban J connectivity index is 0.000000182. The standard InChI is InChI=1S/C21H23ClN6O3.C19H20ClFN6O2/c1-31-19(30)5-4-18(29)28-8-2-3-14(12-28)26-17-6-7-23-21(27-17)16-11-25-20-15(16)9-13(22)10-24-20;1-29-10-16(28)27-4-2-3-12(9-27)25-19-15(21)8-24-18(26-19)14-7-23-17-13(14)5-11(20)6-22-17/h6-7,9-11,14H,2-5,8,12H2,1H3,(H,24,25)(H,23,26,27);5-8,12H,2-4,9-10H2,1H3,(H,22,23)(H,24,25,26). The number of piperidine rings is 2. The second-order valence-electron chi connectivity index (χ2n) is 14.3. The Bertz CT molecular complexity index is 2480. The third kappa shape index (κ3) is 10.2. The lowest BCUT2D eigenvalue weighted by Crippen LogP contribution is -2.46. The van der Waals surface area contributed by atoms with Crippen LogP contribution in [0.25, 0.3) is 44.8 Å². The number of hydrogen-bond acceptors (Lipinski definition) is 13. The maximum Gasteiger partial charge on any atom is 0.306 e. The molecular formula is C40H43Cl2FN12O5. The smallest absolute Gasteiger partial charge is 0.306 e. The monoisotopic (exact) mass is 860 g/mol. The van der Waals surface area contributed by atoms with Gasteiger partial charge in [-0.3, -0.25) is 14.4 Å². The van der Waals surface area contributed by atoms with Crippen molar-refractivity contribution >= 4 is 74.7 Å². The largest absolute Gasteiger partial charge is 0.469 e. The predicted molar refractivity (Wildman–Crippen MR) is 224 cm³/mol. The van der Waals surface area contributed by atoms with Crippen molar-refractivity contribution in [3.8, 4) is 22.8 Å². The van der Waals surface area contributed by atoms with E-state index in [4.69, 9.17) is 27.9 Å². The van der Waals surface area contributed by atoms with Crippen LogP contribution in [0.1, 0.15) is 38.5 Å². The molecule has 0 spiro atoms. The zero-order chi connectivity index (χ0) is 42.2. The first-order chi connectivity index (χ1) is 29.1. The van der Waals surface area contributed by atoms with E-state index in [1.165, 1.54) is 14.2 Å². The summed E-state index contributed by atoms with van der Waals surface area (Å²) in [6.45, 7) is 2.42. The average molecular weight is 862 g/mol. The predicted octanol–water partition coefficient (Wildman–Crippen LogP) is 5.89. The van der Waals surface area contributed by atoms with Crippen molar-refractivity contribution < 1.29 is 28.2 Å². The molecule has 8 heterocycles. The van der Waals surface area contributed by atoms with E-state index >= 15 is 0 Å². The highest BCUT2D eigenvalue weighted by molar-refractivity contribution is 6.31. The van der Waals surface area contributed by atoms with Gasteiger partial charge in [0.1, 0.15) is 23.7 Å². The Kier molecular flexibility index (Phi) is 13.6. The van der Waals surface area contributed by atoms with Gasteiger partial charge in [-0.2, -0.15) is 0 Å². The number of hydrogen-bond donors (Lipinski definition) is 4. The fraction of sp³-hybridized carbons (Fsp3) is 0.375. The van der Waals surface area contributed by atoms with E-state index in [9.17, 15) is 18.8 Å². The highest BCUT2D eigenvalue weighted by Gasteiger charge is 2.26. The highest BCUT2D eigenvalue weighted by atomic mass is 35.5. The van der Waals surface area contributed by atoms with Crippen LogP contribution in [0.5, 0.6) is 0 Å². The van der Waals surface area contributed by atoms with Gasteiger partial charge in [-0.15, -0.1) is 0 Å². The van der Waals surface area contributed by atoms with Crippen molar-refractivity contribution in [3.05, 3.63) is 71.2 Å². The Hall–Kier alpha value is -5.98. The van der Waals surface area contributed by atoms with Crippen molar-refractivity contribution in [2.45, 2.75) is 50.6 Å². The minimum atomic E-state index is -0.551. The SMILES string of the molecule is COC(=O)CCC(=O)N1CCCC(Nc2ccnc(-c3c[nH]c4ncc(Cl)cc34)n2)C1.COCC(=O)N1CCCC(Nc2nc(-c3c[nH]c4ncc(Cl)cc34)ncc2F)C1. The van der Waals surface area contributed by atoms with Gasteiger partial charge in [0.05, 0.1) is 29.8 Å². The number of nitrogens with one attached hydrogen (secondary N) is 4. The molecule has 2 aliphatic heterocycles. The fourth-order valence-corrected chi connectivity index (χ4v) is 7.54. The Morgan fingerprint density at radius 1 is 0.800 bits per heavy atom. The molecule has 0 saturated carbocycles. The van der Waals surface area contributed by atoms with Gasteiger partial charge in [-0.1, -0.05) is 23.2 Å². The number of likely N-dealkylation sites (tertiary alicyclic amines) is 2. The zero-order valence-corrected chi connectivity index (χ0v) is 34.4. The van der Waals surface area contributed by atoms with Crippen LogP contribution in [0.4, 0.5) is 16.0 Å². The number of aromatic nitrogens is 8. The molecule has 8 rings (SSSR count). The van der Waals surface area contributed by atoms with Gasteiger partial charge in [0.15, 0.2) is 23.3 Å². The summed E-state index contributed by atoms with van der Waals surface area (Å²) >= 11 is 12.1. The molecule has 2 saturated heterocycles. The lowest BCUT2D eigenvalue weighted by Gasteiger charge is -2.33. The van der Waals surface area contributed by atoms with E-state index in [2.05, 4.69) is 55.2 Å². The van der Waals surface area contributed by atoms with Crippen molar-refractivity contribution in [1.29, 1.82) is 0 Å². The lowest BCUT2D eigenvalue weighted by molar-refractivity contribution is -0.143. The van der Waals surface area contributed by atoms with Crippen LogP contribution >= 0.6 is 23.2 Å². The number of carbonyl (C=O) groups is 3. The van der Waals surface area contributed by atoms with Gasteiger partial charge >= 0.3 is 5.97 Å². The van der Waals surface area contributed by atoms with Crippen molar-refractivity contribution in [2.24, 2.45) is 0 Å².